The molecule has 1 aliphatic heterocycles. The molecule has 0 atom stereocenters. The molecule has 1 aromatic heterocycles. The van der Waals surface area contributed by atoms with Gasteiger partial charge in [0.15, 0.2) is 0 Å². The summed E-state index contributed by atoms with van der Waals surface area (Å²) in [5, 5.41) is 4.90. The molecule has 1 saturated carbocycles. The third-order valence-corrected chi connectivity index (χ3v) is 5.62. The highest BCUT2D eigenvalue weighted by Crippen LogP contribution is 2.28. The van der Waals surface area contributed by atoms with E-state index in [0.29, 0.717) is 6.04 Å². The highest BCUT2D eigenvalue weighted by molar-refractivity contribution is 5.73. The fourth-order valence-corrected chi connectivity index (χ4v) is 4.14. The van der Waals surface area contributed by atoms with Crippen LogP contribution in [0.25, 0.3) is 0 Å². The Hall–Kier alpha value is -1.36. The Balaban J connectivity index is 1.43. The zero-order valence-corrected chi connectivity index (χ0v) is 15.3. The molecule has 2 heterocycles. The molecule has 0 bridgehead atoms. The number of piperazine rings is 1. The summed E-state index contributed by atoms with van der Waals surface area (Å²) >= 11 is 0. The highest BCUT2D eigenvalue weighted by atomic mass is 16.2. The topological polar surface area (TPSA) is 41.4 Å². The van der Waals surface area contributed by atoms with Crippen molar-refractivity contribution in [2.75, 3.05) is 32.7 Å². The number of nitrogens with zero attached hydrogens (tertiary/aromatic N) is 4. The second-order valence-electron chi connectivity index (χ2n) is 7.46. The summed E-state index contributed by atoms with van der Waals surface area (Å²) in [5.41, 5.74) is 2.58. The summed E-state index contributed by atoms with van der Waals surface area (Å²) < 4.78 is 2.29. The number of hydrogen-bond acceptors (Lipinski definition) is 3. The van der Waals surface area contributed by atoms with Crippen LogP contribution in [0.4, 0.5) is 0 Å². The van der Waals surface area contributed by atoms with E-state index in [0.717, 1.165) is 45.6 Å². The van der Waals surface area contributed by atoms with Gasteiger partial charge in [0.25, 0.3) is 0 Å². The van der Waals surface area contributed by atoms with E-state index in [4.69, 9.17) is 5.10 Å². The van der Waals surface area contributed by atoms with Gasteiger partial charge in [-0.05, 0) is 45.2 Å². The van der Waals surface area contributed by atoms with Crippen LogP contribution in [0.1, 0.15) is 62.9 Å². The van der Waals surface area contributed by atoms with Crippen molar-refractivity contribution in [2.24, 2.45) is 0 Å². The predicted octanol–water partition coefficient (Wildman–Crippen LogP) is 2.79. The van der Waals surface area contributed by atoms with Crippen molar-refractivity contribution in [1.29, 1.82) is 0 Å². The number of rotatable bonds is 5. The lowest BCUT2D eigenvalue weighted by molar-refractivity contribution is -0.130. The zero-order valence-electron chi connectivity index (χ0n) is 15.3. The summed E-state index contributed by atoms with van der Waals surface area (Å²) in [6.07, 6.45) is 8.90. The molecule has 3 rings (SSSR count). The quantitative estimate of drug-likeness (QED) is 0.832. The fourth-order valence-electron chi connectivity index (χ4n) is 4.14. The Morgan fingerprint density at radius 1 is 1.17 bits per heavy atom. The lowest BCUT2D eigenvalue weighted by atomic mass is 9.95. The van der Waals surface area contributed by atoms with Crippen LogP contribution >= 0.6 is 0 Å². The van der Waals surface area contributed by atoms with Crippen molar-refractivity contribution in [3.05, 3.63) is 17.5 Å². The second kappa shape index (κ2) is 8.15. The first kappa shape index (κ1) is 17.5. The molecule has 0 aromatic carbocycles. The van der Waals surface area contributed by atoms with E-state index in [1.165, 1.54) is 43.5 Å². The summed E-state index contributed by atoms with van der Waals surface area (Å²) in [6, 6.07) is 2.91. The van der Waals surface area contributed by atoms with Gasteiger partial charge in [0, 0.05) is 38.8 Å². The van der Waals surface area contributed by atoms with Crippen LogP contribution in [-0.4, -0.2) is 58.2 Å². The lowest BCUT2D eigenvalue weighted by Gasteiger charge is -2.34. The molecular formula is C19H32N4O. The number of aromatic nitrogens is 2. The average Bonchev–Trinajstić information content (AvgIpc) is 2.97. The number of aryl methyl sites for hydroxylation is 2. The molecule has 1 saturated heterocycles. The van der Waals surface area contributed by atoms with E-state index in [1.54, 1.807) is 6.92 Å². The number of carbonyl (C=O) groups excluding carboxylic acids is 1. The molecule has 1 amide bonds. The van der Waals surface area contributed by atoms with Gasteiger partial charge in [-0.2, -0.15) is 5.10 Å². The summed E-state index contributed by atoms with van der Waals surface area (Å²) in [4.78, 5) is 15.8. The van der Waals surface area contributed by atoms with E-state index in [1.807, 2.05) is 4.90 Å². The maximum absolute atomic E-state index is 11.4. The van der Waals surface area contributed by atoms with Gasteiger partial charge in [0.05, 0.1) is 11.7 Å². The maximum Gasteiger partial charge on any atom is 0.219 e. The molecule has 2 fully saturated rings. The third-order valence-electron chi connectivity index (χ3n) is 5.62. The van der Waals surface area contributed by atoms with Crippen molar-refractivity contribution in [3.63, 3.8) is 0 Å². The van der Waals surface area contributed by atoms with Gasteiger partial charge in [0.2, 0.25) is 5.91 Å². The Labute approximate surface area is 146 Å². The summed E-state index contributed by atoms with van der Waals surface area (Å²) in [7, 11) is 0. The Morgan fingerprint density at radius 3 is 2.54 bits per heavy atom. The molecule has 1 aliphatic carbocycles. The molecular weight excluding hydrogens is 300 g/mol. The SMILES string of the molecule is CC(=O)N1CCN(CCCc2cc(C)n(C3CCCCC3)n2)CC1. The van der Waals surface area contributed by atoms with Crippen LogP contribution in [0, 0.1) is 6.92 Å². The van der Waals surface area contributed by atoms with Crippen molar-refractivity contribution in [2.45, 2.75) is 64.8 Å². The van der Waals surface area contributed by atoms with Crippen molar-refractivity contribution >= 4 is 5.91 Å². The van der Waals surface area contributed by atoms with Gasteiger partial charge in [0.1, 0.15) is 0 Å². The van der Waals surface area contributed by atoms with Crippen LogP contribution < -0.4 is 0 Å². The number of hydrogen-bond donors (Lipinski definition) is 0. The Morgan fingerprint density at radius 2 is 1.88 bits per heavy atom. The zero-order chi connectivity index (χ0) is 16.9. The minimum atomic E-state index is 0.207. The number of carbonyl (C=O) groups is 1. The first-order valence-electron chi connectivity index (χ1n) is 9.66. The summed E-state index contributed by atoms with van der Waals surface area (Å²) in [6.45, 7) is 8.76. The molecule has 0 unspecified atom stereocenters. The maximum atomic E-state index is 11.4. The van der Waals surface area contributed by atoms with E-state index in [-0.39, 0.29) is 5.91 Å². The monoisotopic (exact) mass is 332 g/mol. The van der Waals surface area contributed by atoms with Crippen LogP contribution in [-0.2, 0) is 11.2 Å². The molecule has 5 heteroatoms. The second-order valence-corrected chi connectivity index (χ2v) is 7.46. The third kappa shape index (κ3) is 4.38. The van der Waals surface area contributed by atoms with Gasteiger partial charge in [-0.1, -0.05) is 19.3 Å². The largest absolute Gasteiger partial charge is 0.340 e. The molecule has 0 spiro atoms. The van der Waals surface area contributed by atoms with E-state index >= 15 is 0 Å². The standard InChI is InChI=1S/C19H32N4O/c1-16-15-18(20-23(16)19-8-4-3-5-9-19)7-6-10-21-11-13-22(14-12-21)17(2)24/h15,19H,3-14H2,1-2H3. The van der Waals surface area contributed by atoms with Gasteiger partial charge in [-0.3, -0.25) is 14.4 Å². The fraction of sp³-hybridized carbons (Fsp3) is 0.789. The molecule has 134 valence electrons. The average molecular weight is 332 g/mol. The normalized spacial score (nSPS) is 20.5. The predicted molar refractivity (Wildman–Crippen MR) is 96.1 cm³/mol. The number of amides is 1. The molecule has 24 heavy (non-hydrogen) atoms. The van der Waals surface area contributed by atoms with Gasteiger partial charge in [-0.15, -0.1) is 0 Å². The van der Waals surface area contributed by atoms with Crippen molar-refractivity contribution in [1.82, 2.24) is 19.6 Å². The molecule has 0 N–H and O–H groups in total. The molecule has 0 radical (unpaired) electrons. The van der Waals surface area contributed by atoms with Gasteiger partial charge >= 0.3 is 0 Å². The molecule has 1 aromatic rings. The van der Waals surface area contributed by atoms with E-state index in [9.17, 15) is 4.79 Å². The van der Waals surface area contributed by atoms with Crippen LogP contribution in [0.5, 0.6) is 0 Å². The minimum absolute atomic E-state index is 0.207. The van der Waals surface area contributed by atoms with E-state index < -0.39 is 0 Å². The van der Waals surface area contributed by atoms with E-state index in [2.05, 4.69) is 22.6 Å². The lowest BCUT2D eigenvalue weighted by Crippen LogP contribution is -2.48. The smallest absolute Gasteiger partial charge is 0.219 e. The summed E-state index contributed by atoms with van der Waals surface area (Å²) in [5.74, 6) is 0.207. The van der Waals surface area contributed by atoms with Gasteiger partial charge < -0.3 is 4.90 Å². The highest BCUT2D eigenvalue weighted by Gasteiger charge is 2.19. The van der Waals surface area contributed by atoms with Crippen LogP contribution in [0.3, 0.4) is 0 Å². The first-order valence-corrected chi connectivity index (χ1v) is 9.66. The Kier molecular flexibility index (Phi) is 5.93. The first-order chi connectivity index (χ1) is 11.6. The van der Waals surface area contributed by atoms with Crippen LogP contribution in [0.2, 0.25) is 0 Å². The molecule has 5 nitrogen and oxygen atoms in total. The Bertz CT molecular complexity index is 540. The van der Waals surface area contributed by atoms with Crippen molar-refractivity contribution in [3.8, 4) is 0 Å². The van der Waals surface area contributed by atoms with Gasteiger partial charge in [-0.25, -0.2) is 0 Å². The van der Waals surface area contributed by atoms with Crippen LogP contribution in [0.15, 0.2) is 6.07 Å². The van der Waals surface area contributed by atoms with Crippen molar-refractivity contribution < 1.29 is 4.79 Å². The minimum Gasteiger partial charge on any atom is -0.340 e. The molecule has 2 aliphatic rings.